The van der Waals surface area contributed by atoms with Crippen LogP contribution < -0.4 is 0 Å². The molecule has 0 aliphatic carbocycles. The van der Waals surface area contributed by atoms with Crippen LogP contribution >= 0.6 is 10.8 Å². The molecule has 0 saturated carbocycles. The molecule has 0 aromatic carbocycles. The van der Waals surface area contributed by atoms with Crippen molar-refractivity contribution in [2.75, 3.05) is 0 Å². The van der Waals surface area contributed by atoms with Crippen LogP contribution in [0.15, 0.2) is 24.0 Å². The van der Waals surface area contributed by atoms with Gasteiger partial charge in [-0.25, -0.2) is 0 Å². The highest BCUT2D eigenvalue weighted by Gasteiger charge is 2.08. The van der Waals surface area contributed by atoms with Crippen molar-refractivity contribution in [2.45, 2.75) is 0 Å². The Bertz CT molecular complexity index is 77.7. The Hall–Kier alpha value is -0.310. The van der Waals surface area contributed by atoms with Gasteiger partial charge in [-0.1, -0.05) is 13.2 Å². The summed E-state index contributed by atoms with van der Waals surface area (Å²) in [4.78, 5) is 0. The van der Waals surface area contributed by atoms with Crippen LogP contribution in [0.2, 0.25) is 0 Å². The highest BCUT2D eigenvalue weighted by Crippen LogP contribution is 2.53. The van der Waals surface area contributed by atoms with E-state index in [9.17, 15) is 7.77 Å². The smallest absolute Gasteiger partial charge is 0.0985 e. The second-order valence-electron chi connectivity index (χ2n) is 0.884. The Balaban J connectivity index is 3.82. The normalized spacial score (nSPS) is 12.9. The van der Waals surface area contributed by atoms with Crippen LogP contribution in [0.1, 0.15) is 0 Å². The molecule has 0 spiro atoms. The minimum absolute atomic E-state index is 0.625. The van der Waals surface area contributed by atoms with Gasteiger partial charge < -0.3 is 0 Å². The third-order valence-electron chi connectivity index (χ3n) is 0.444. The van der Waals surface area contributed by atoms with Crippen LogP contribution in [0.4, 0.5) is 7.77 Å². The Morgan fingerprint density at radius 1 is 1.14 bits per heavy atom. The minimum atomic E-state index is -3.63. The molecular weight excluding hydrogens is 118 g/mol. The molecule has 0 atom stereocenters. The Labute approximate surface area is 43.4 Å². The molecule has 0 amide bonds. The quantitative estimate of drug-likeness (QED) is 0.531. The predicted molar refractivity (Wildman–Crippen MR) is 30.2 cm³/mol. The monoisotopic (exact) mass is 124 g/mol. The van der Waals surface area contributed by atoms with Crippen LogP contribution in [0, 0.1) is 0 Å². The first-order valence-electron chi connectivity index (χ1n) is 1.60. The van der Waals surface area contributed by atoms with Gasteiger partial charge in [0, 0.05) is 10.8 Å². The second kappa shape index (κ2) is 2.12. The van der Waals surface area contributed by atoms with Gasteiger partial charge in [0.25, 0.3) is 0 Å². The van der Waals surface area contributed by atoms with Crippen molar-refractivity contribution in [3.63, 3.8) is 0 Å². The van der Waals surface area contributed by atoms with Crippen molar-refractivity contribution >= 4 is 10.8 Å². The number of hydrogen-bond donors (Lipinski definition) is 0. The van der Waals surface area contributed by atoms with Gasteiger partial charge >= 0.3 is 0 Å². The molecule has 42 valence electrons. The van der Waals surface area contributed by atoms with Gasteiger partial charge in [-0.2, -0.15) is 0 Å². The van der Waals surface area contributed by atoms with E-state index >= 15 is 0 Å². The number of halogens is 2. The fraction of sp³-hybridized carbons (Fsp3) is 0. The third kappa shape index (κ3) is 2.39. The molecule has 0 N–H and O–H groups in total. The topological polar surface area (TPSA) is 0 Å². The average Bonchev–Trinajstić information content (AvgIpc) is 1.68. The summed E-state index contributed by atoms with van der Waals surface area (Å²) in [5, 5.41) is 1.25. The first-order chi connectivity index (χ1) is 3.12. The largest absolute Gasteiger partial charge is 0.149 e. The van der Waals surface area contributed by atoms with Gasteiger partial charge in [0.2, 0.25) is 0 Å². The van der Waals surface area contributed by atoms with E-state index in [1.165, 1.54) is 0 Å². The summed E-state index contributed by atoms with van der Waals surface area (Å²) in [6.07, 6.45) is 0. The van der Waals surface area contributed by atoms with E-state index in [-0.39, 0.29) is 0 Å². The summed E-state index contributed by atoms with van der Waals surface area (Å²) in [5.74, 6) is 0. The van der Waals surface area contributed by atoms with E-state index in [2.05, 4.69) is 13.2 Å². The predicted octanol–water partition coefficient (Wildman–Crippen LogP) is 2.85. The molecule has 0 nitrogen and oxygen atoms in total. The van der Waals surface area contributed by atoms with Crippen molar-refractivity contribution < 1.29 is 7.77 Å². The van der Waals surface area contributed by atoms with Gasteiger partial charge in [-0.3, -0.25) is 0 Å². The van der Waals surface area contributed by atoms with Crippen LogP contribution in [0.3, 0.4) is 0 Å². The second-order valence-corrected chi connectivity index (χ2v) is 2.65. The van der Waals surface area contributed by atoms with Crippen molar-refractivity contribution in [3.05, 3.63) is 24.0 Å². The summed E-state index contributed by atoms with van der Waals surface area (Å²) >= 11 is 0. The molecular formula is C4H6F2S. The maximum Gasteiger partial charge on any atom is 0.0985 e. The molecule has 0 rings (SSSR count). The van der Waals surface area contributed by atoms with Crippen molar-refractivity contribution in [1.82, 2.24) is 0 Å². The fourth-order valence-corrected chi connectivity index (χ4v) is 0.204. The van der Waals surface area contributed by atoms with E-state index < -0.39 is 10.8 Å². The molecule has 0 aromatic heterocycles. The molecule has 0 aliphatic rings. The molecule has 0 saturated heterocycles. The van der Waals surface area contributed by atoms with E-state index in [1.807, 2.05) is 0 Å². The first kappa shape index (κ1) is 6.69. The zero-order chi connectivity index (χ0) is 5.91. The van der Waals surface area contributed by atoms with E-state index in [0.717, 1.165) is 0 Å². The maximum absolute atomic E-state index is 11.7. The Morgan fingerprint density at radius 2 is 1.43 bits per heavy atom. The Kier molecular flexibility index (Phi) is 2.02. The van der Waals surface area contributed by atoms with Crippen LogP contribution in [-0.2, 0) is 0 Å². The van der Waals surface area contributed by atoms with Gasteiger partial charge in [0.15, 0.2) is 0 Å². The van der Waals surface area contributed by atoms with Gasteiger partial charge in [-0.15, -0.1) is 7.77 Å². The summed E-state index contributed by atoms with van der Waals surface area (Å²) in [6, 6.07) is 0. The summed E-state index contributed by atoms with van der Waals surface area (Å²) in [6.45, 7) is 5.84. The van der Waals surface area contributed by atoms with Crippen molar-refractivity contribution in [2.24, 2.45) is 0 Å². The van der Waals surface area contributed by atoms with Crippen LogP contribution in [-0.4, -0.2) is 0 Å². The van der Waals surface area contributed by atoms with E-state index in [1.54, 1.807) is 0 Å². The van der Waals surface area contributed by atoms with Crippen molar-refractivity contribution in [3.8, 4) is 0 Å². The fourth-order valence-electron chi connectivity index (χ4n) is 0.0680. The molecule has 0 fully saturated rings. The molecule has 0 unspecified atom stereocenters. The van der Waals surface area contributed by atoms with E-state index in [4.69, 9.17) is 0 Å². The van der Waals surface area contributed by atoms with Gasteiger partial charge in [0.05, 0.1) is 10.8 Å². The minimum Gasteiger partial charge on any atom is -0.149 e. The molecule has 7 heavy (non-hydrogen) atoms. The molecule has 0 aliphatic heterocycles. The van der Waals surface area contributed by atoms with Gasteiger partial charge in [-0.05, 0) is 0 Å². The lowest BCUT2D eigenvalue weighted by Crippen LogP contribution is -1.64. The number of rotatable bonds is 2. The molecule has 0 aromatic rings. The lowest BCUT2D eigenvalue weighted by Gasteiger charge is -2.05. The average molecular weight is 124 g/mol. The van der Waals surface area contributed by atoms with Crippen LogP contribution in [0.25, 0.3) is 0 Å². The van der Waals surface area contributed by atoms with Crippen molar-refractivity contribution in [1.29, 1.82) is 0 Å². The Morgan fingerprint density at radius 3 is 1.43 bits per heavy atom. The summed E-state index contributed by atoms with van der Waals surface area (Å²) in [7, 11) is -3.63. The number of hydrogen-bond acceptors (Lipinski definition) is 0. The zero-order valence-corrected chi connectivity index (χ0v) is 4.55. The highest BCUT2D eigenvalue weighted by atomic mass is 32.3. The molecule has 0 heterocycles. The summed E-state index contributed by atoms with van der Waals surface area (Å²) < 4.78 is 23.5. The zero-order valence-electron chi connectivity index (χ0n) is 3.73. The first-order valence-corrected chi connectivity index (χ1v) is 3.16. The highest BCUT2D eigenvalue weighted by molar-refractivity contribution is 8.30. The molecule has 3 heteroatoms. The molecule has 0 bridgehead atoms. The van der Waals surface area contributed by atoms with E-state index in [0.29, 0.717) is 10.8 Å². The summed E-state index contributed by atoms with van der Waals surface area (Å²) in [5.41, 5.74) is 0. The third-order valence-corrected chi connectivity index (χ3v) is 1.33. The van der Waals surface area contributed by atoms with Crippen LogP contribution in [0.5, 0.6) is 0 Å². The lowest BCUT2D eigenvalue weighted by atomic mass is 11.3. The molecule has 0 radical (unpaired) electrons. The van der Waals surface area contributed by atoms with Gasteiger partial charge in [0.1, 0.15) is 0 Å². The standard InChI is InChI=1S/C4H6F2S/c1-3-7(5,6)4-2/h3-4H,1-2H2. The lowest BCUT2D eigenvalue weighted by molar-refractivity contribution is 0.778. The SMILES string of the molecule is C=CS(F)(F)C=C. The maximum atomic E-state index is 11.7.